The lowest BCUT2D eigenvalue weighted by molar-refractivity contribution is 0.285. The lowest BCUT2D eigenvalue weighted by Gasteiger charge is -2.29. The number of nitrogens with two attached hydrogens (primary N) is 1. The van der Waals surface area contributed by atoms with Crippen LogP contribution in [-0.2, 0) is 0 Å². The molecule has 0 aromatic heterocycles. The van der Waals surface area contributed by atoms with Crippen LogP contribution in [0.5, 0.6) is 0 Å². The van der Waals surface area contributed by atoms with Gasteiger partial charge in [0.2, 0.25) is 0 Å². The third-order valence-corrected chi connectivity index (χ3v) is 4.33. The van der Waals surface area contributed by atoms with Crippen LogP contribution in [0.2, 0.25) is 5.02 Å². The molecule has 0 bridgehead atoms. The highest BCUT2D eigenvalue weighted by molar-refractivity contribution is 6.30. The molecule has 1 aliphatic carbocycles. The number of hydrogen-bond acceptors (Lipinski definition) is 2. The third-order valence-electron chi connectivity index (χ3n) is 4.10. The molecule has 0 heterocycles. The van der Waals surface area contributed by atoms with Crippen molar-refractivity contribution in [1.29, 1.82) is 0 Å². The normalized spacial score (nSPS) is 19.7. The SMILES string of the molecule is NNC(c1ccc(Cl)cc1F)C1CCCCCCC1. The Bertz CT molecular complexity index is 403. The van der Waals surface area contributed by atoms with Crippen molar-refractivity contribution in [3.8, 4) is 0 Å². The number of benzene rings is 1. The predicted octanol–water partition coefficient (Wildman–Crippen LogP) is 4.34. The molecule has 0 spiro atoms. The van der Waals surface area contributed by atoms with Crippen molar-refractivity contribution in [3.63, 3.8) is 0 Å². The minimum Gasteiger partial charge on any atom is -0.271 e. The van der Waals surface area contributed by atoms with Gasteiger partial charge in [0.05, 0.1) is 6.04 Å². The standard InChI is InChI=1S/C15H22ClFN2/c16-12-8-9-13(14(17)10-12)15(19-18)11-6-4-2-1-3-5-7-11/h8-11,15,19H,1-7,18H2. The summed E-state index contributed by atoms with van der Waals surface area (Å²) in [5.74, 6) is 5.82. The van der Waals surface area contributed by atoms with Crippen molar-refractivity contribution in [2.24, 2.45) is 11.8 Å². The third kappa shape index (κ3) is 3.91. The summed E-state index contributed by atoms with van der Waals surface area (Å²) in [6.07, 6.45) is 8.50. The molecule has 2 rings (SSSR count). The predicted molar refractivity (Wildman–Crippen MR) is 77.3 cm³/mol. The van der Waals surface area contributed by atoms with Crippen LogP contribution < -0.4 is 11.3 Å². The maximum absolute atomic E-state index is 14.0. The van der Waals surface area contributed by atoms with Crippen molar-refractivity contribution in [2.45, 2.75) is 51.0 Å². The van der Waals surface area contributed by atoms with Gasteiger partial charge in [0, 0.05) is 10.6 Å². The van der Waals surface area contributed by atoms with Crippen LogP contribution >= 0.6 is 11.6 Å². The highest BCUT2D eigenvalue weighted by Crippen LogP contribution is 2.34. The summed E-state index contributed by atoms with van der Waals surface area (Å²) >= 11 is 5.81. The van der Waals surface area contributed by atoms with Crippen molar-refractivity contribution in [3.05, 3.63) is 34.6 Å². The topological polar surface area (TPSA) is 38.0 Å². The number of hydrazine groups is 1. The van der Waals surface area contributed by atoms with E-state index in [1.165, 1.54) is 38.2 Å². The van der Waals surface area contributed by atoms with Crippen LogP contribution in [0.3, 0.4) is 0 Å². The Labute approximate surface area is 119 Å². The van der Waals surface area contributed by atoms with E-state index in [1.807, 2.05) is 0 Å². The van der Waals surface area contributed by atoms with E-state index < -0.39 is 0 Å². The molecule has 3 N–H and O–H groups in total. The second-order valence-electron chi connectivity index (χ2n) is 5.42. The van der Waals surface area contributed by atoms with Gasteiger partial charge >= 0.3 is 0 Å². The van der Waals surface area contributed by atoms with E-state index in [1.54, 1.807) is 12.1 Å². The summed E-state index contributed by atoms with van der Waals surface area (Å²) in [5, 5.41) is 0.426. The van der Waals surface area contributed by atoms with Gasteiger partial charge in [-0.1, -0.05) is 49.8 Å². The number of nitrogens with one attached hydrogen (secondary N) is 1. The van der Waals surface area contributed by atoms with E-state index in [9.17, 15) is 4.39 Å². The molecule has 106 valence electrons. The van der Waals surface area contributed by atoms with Crippen molar-refractivity contribution >= 4 is 11.6 Å². The molecule has 1 saturated carbocycles. The van der Waals surface area contributed by atoms with Gasteiger partial charge in [-0.05, 0) is 30.9 Å². The van der Waals surface area contributed by atoms with Gasteiger partial charge < -0.3 is 0 Å². The Morgan fingerprint density at radius 3 is 2.37 bits per heavy atom. The Hall–Kier alpha value is -0.640. The lowest BCUT2D eigenvalue weighted by Crippen LogP contribution is -2.34. The van der Waals surface area contributed by atoms with Crippen molar-refractivity contribution < 1.29 is 4.39 Å². The van der Waals surface area contributed by atoms with Gasteiger partial charge in [-0.25, -0.2) is 4.39 Å². The van der Waals surface area contributed by atoms with E-state index in [0.717, 1.165) is 12.8 Å². The zero-order valence-corrected chi connectivity index (χ0v) is 11.9. The monoisotopic (exact) mass is 284 g/mol. The van der Waals surface area contributed by atoms with Crippen molar-refractivity contribution in [2.75, 3.05) is 0 Å². The van der Waals surface area contributed by atoms with Crippen LogP contribution in [0, 0.1) is 11.7 Å². The van der Waals surface area contributed by atoms with E-state index in [-0.39, 0.29) is 11.9 Å². The summed E-state index contributed by atoms with van der Waals surface area (Å²) in [4.78, 5) is 0. The molecular weight excluding hydrogens is 263 g/mol. The first-order valence-corrected chi connectivity index (χ1v) is 7.51. The minimum absolute atomic E-state index is 0.115. The van der Waals surface area contributed by atoms with Crippen LogP contribution in [-0.4, -0.2) is 0 Å². The fourth-order valence-electron chi connectivity index (χ4n) is 3.05. The molecular formula is C15H22ClFN2. The van der Waals surface area contributed by atoms with Gasteiger partial charge in [-0.3, -0.25) is 11.3 Å². The van der Waals surface area contributed by atoms with Crippen LogP contribution in [0.1, 0.15) is 56.6 Å². The number of hydrogen-bond donors (Lipinski definition) is 2. The van der Waals surface area contributed by atoms with E-state index in [0.29, 0.717) is 16.5 Å². The Balaban J connectivity index is 2.17. The van der Waals surface area contributed by atoms with Crippen LogP contribution in [0.4, 0.5) is 4.39 Å². The van der Waals surface area contributed by atoms with Gasteiger partial charge in [0.1, 0.15) is 5.82 Å². The second-order valence-corrected chi connectivity index (χ2v) is 5.85. The molecule has 1 unspecified atom stereocenters. The lowest BCUT2D eigenvalue weighted by atomic mass is 9.83. The summed E-state index contributed by atoms with van der Waals surface area (Å²) in [6.45, 7) is 0. The van der Waals surface area contributed by atoms with Gasteiger partial charge in [-0.2, -0.15) is 0 Å². The molecule has 1 aromatic rings. The minimum atomic E-state index is -0.266. The first-order chi connectivity index (χ1) is 9.22. The highest BCUT2D eigenvalue weighted by atomic mass is 35.5. The fraction of sp³-hybridized carbons (Fsp3) is 0.600. The van der Waals surface area contributed by atoms with E-state index >= 15 is 0 Å². The molecule has 1 fully saturated rings. The maximum Gasteiger partial charge on any atom is 0.129 e. The molecule has 1 atom stereocenters. The van der Waals surface area contributed by atoms with Gasteiger partial charge in [0.25, 0.3) is 0 Å². The first kappa shape index (κ1) is 14.8. The fourth-order valence-corrected chi connectivity index (χ4v) is 3.21. The first-order valence-electron chi connectivity index (χ1n) is 7.13. The van der Waals surface area contributed by atoms with E-state index in [2.05, 4.69) is 5.43 Å². The van der Waals surface area contributed by atoms with Crippen molar-refractivity contribution in [1.82, 2.24) is 5.43 Å². The summed E-state index contributed by atoms with van der Waals surface area (Å²) < 4.78 is 14.0. The average molecular weight is 285 g/mol. The zero-order chi connectivity index (χ0) is 13.7. The Morgan fingerprint density at radius 2 is 1.79 bits per heavy atom. The molecule has 19 heavy (non-hydrogen) atoms. The van der Waals surface area contributed by atoms with E-state index in [4.69, 9.17) is 17.4 Å². The van der Waals surface area contributed by atoms with Gasteiger partial charge in [0.15, 0.2) is 0 Å². The second kappa shape index (κ2) is 7.22. The Kier molecular flexibility index (Phi) is 5.61. The average Bonchev–Trinajstić information content (AvgIpc) is 2.34. The van der Waals surface area contributed by atoms with Gasteiger partial charge in [-0.15, -0.1) is 0 Å². The molecule has 0 aliphatic heterocycles. The zero-order valence-electron chi connectivity index (χ0n) is 11.2. The molecule has 4 heteroatoms. The Morgan fingerprint density at radius 1 is 1.16 bits per heavy atom. The molecule has 1 aliphatic rings. The number of rotatable bonds is 3. The summed E-state index contributed by atoms with van der Waals surface area (Å²) in [6, 6.07) is 4.73. The molecule has 0 amide bonds. The molecule has 0 saturated heterocycles. The quantitative estimate of drug-likeness (QED) is 0.640. The summed E-state index contributed by atoms with van der Waals surface area (Å²) in [5.41, 5.74) is 3.45. The van der Waals surface area contributed by atoms with Crippen LogP contribution in [0.15, 0.2) is 18.2 Å². The smallest absolute Gasteiger partial charge is 0.129 e. The van der Waals surface area contributed by atoms with Crippen LogP contribution in [0.25, 0.3) is 0 Å². The molecule has 1 aromatic carbocycles. The molecule has 2 nitrogen and oxygen atoms in total. The summed E-state index contributed by atoms with van der Waals surface area (Å²) in [7, 11) is 0. The maximum atomic E-state index is 14.0. The number of halogens is 2. The largest absolute Gasteiger partial charge is 0.271 e. The highest BCUT2D eigenvalue weighted by Gasteiger charge is 2.25. The molecule has 0 radical (unpaired) electrons.